The molecule has 2 nitrogen and oxygen atoms in total. The highest BCUT2D eigenvalue weighted by molar-refractivity contribution is 5.28. The van der Waals surface area contributed by atoms with Crippen molar-refractivity contribution in [3.63, 3.8) is 0 Å². The largest absolute Gasteiger partial charge is 0.396 e. The van der Waals surface area contributed by atoms with Crippen molar-refractivity contribution in [1.29, 1.82) is 0 Å². The standard InChI is InChI=1S/C15H25NO/c1-4-6-13-7-9-14(10-8-13)15(3,11-12-17)16-5-2/h7-10,16-17H,4-6,11-12H2,1-3H3. The first-order chi connectivity index (χ1) is 8.16. The molecule has 0 aliphatic heterocycles. The van der Waals surface area contributed by atoms with Gasteiger partial charge in [0.2, 0.25) is 0 Å². The van der Waals surface area contributed by atoms with Crippen molar-refractivity contribution in [3.05, 3.63) is 35.4 Å². The normalized spacial score (nSPS) is 14.6. The summed E-state index contributed by atoms with van der Waals surface area (Å²) in [5.74, 6) is 0. The first-order valence-corrected chi connectivity index (χ1v) is 6.61. The van der Waals surface area contributed by atoms with E-state index in [1.165, 1.54) is 17.5 Å². The van der Waals surface area contributed by atoms with Gasteiger partial charge in [0.25, 0.3) is 0 Å². The van der Waals surface area contributed by atoms with E-state index in [0.29, 0.717) is 0 Å². The Hall–Kier alpha value is -0.860. The van der Waals surface area contributed by atoms with Crippen LogP contribution in [0.25, 0.3) is 0 Å². The topological polar surface area (TPSA) is 32.3 Å². The highest BCUT2D eigenvalue weighted by atomic mass is 16.3. The number of aliphatic hydroxyl groups excluding tert-OH is 1. The molecule has 0 spiro atoms. The van der Waals surface area contributed by atoms with Crippen molar-refractivity contribution in [2.24, 2.45) is 0 Å². The van der Waals surface area contributed by atoms with Gasteiger partial charge in [0.05, 0.1) is 0 Å². The van der Waals surface area contributed by atoms with Crippen LogP contribution in [0.4, 0.5) is 0 Å². The summed E-state index contributed by atoms with van der Waals surface area (Å²) in [5, 5.41) is 12.7. The summed E-state index contributed by atoms with van der Waals surface area (Å²) in [5.41, 5.74) is 2.53. The summed E-state index contributed by atoms with van der Waals surface area (Å²) < 4.78 is 0. The van der Waals surface area contributed by atoms with Crippen LogP contribution >= 0.6 is 0 Å². The lowest BCUT2D eigenvalue weighted by molar-refractivity contribution is 0.223. The maximum absolute atomic E-state index is 9.19. The number of aliphatic hydroxyl groups is 1. The molecule has 0 amide bonds. The Morgan fingerprint density at radius 2 is 1.82 bits per heavy atom. The van der Waals surface area contributed by atoms with Crippen LogP contribution in [0.3, 0.4) is 0 Å². The van der Waals surface area contributed by atoms with Crippen LogP contribution in [0, 0.1) is 0 Å². The lowest BCUT2D eigenvalue weighted by atomic mass is 9.88. The maximum Gasteiger partial charge on any atom is 0.0451 e. The van der Waals surface area contributed by atoms with E-state index in [1.54, 1.807) is 0 Å². The van der Waals surface area contributed by atoms with Crippen molar-refractivity contribution in [3.8, 4) is 0 Å². The zero-order chi connectivity index (χ0) is 12.7. The fraction of sp³-hybridized carbons (Fsp3) is 0.600. The molecular formula is C15H25NO. The minimum absolute atomic E-state index is 0.117. The van der Waals surface area contributed by atoms with Crippen molar-refractivity contribution < 1.29 is 5.11 Å². The number of nitrogens with one attached hydrogen (secondary N) is 1. The summed E-state index contributed by atoms with van der Waals surface area (Å²) in [6.07, 6.45) is 3.06. The number of rotatable bonds is 7. The highest BCUT2D eigenvalue weighted by Crippen LogP contribution is 2.24. The number of hydrogen-bond donors (Lipinski definition) is 2. The molecule has 0 bridgehead atoms. The van der Waals surface area contributed by atoms with Gasteiger partial charge in [-0.05, 0) is 37.4 Å². The van der Waals surface area contributed by atoms with Crippen LogP contribution in [-0.2, 0) is 12.0 Å². The van der Waals surface area contributed by atoms with Gasteiger partial charge in [-0.3, -0.25) is 0 Å². The number of benzene rings is 1. The highest BCUT2D eigenvalue weighted by Gasteiger charge is 2.24. The van der Waals surface area contributed by atoms with E-state index in [4.69, 9.17) is 0 Å². The molecule has 0 aliphatic carbocycles. The molecule has 2 heteroatoms. The zero-order valence-corrected chi connectivity index (χ0v) is 11.3. The van der Waals surface area contributed by atoms with E-state index in [2.05, 4.69) is 50.4 Å². The Morgan fingerprint density at radius 1 is 1.18 bits per heavy atom. The lowest BCUT2D eigenvalue weighted by Gasteiger charge is -2.31. The Balaban J connectivity index is 2.87. The van der Waals surface area contributed by atoms with Crippen molar-refractivity contribution in [2.45, 2.75) is 45.6 Å². The van der Waals surface area contributed by atoms with Gasteiger partial charge in [-0.25, -0.2) is 0 Å². The third-order valence-electron chi connectivity index (χ3n) is 3.31. The summed E-state index contributed by atoms with van der Waals surface area (Å²) in [7, 11) is 0. The molecule has 0 aliphatic rings. The van der Waals surface area contributed by atoms with Crippen molar-refractivity contribution >= 4 is 0 Å². The summed E-state index contributed by atoms with van der Waals surface area (Å²) >= 11 is 0. The Morgan fingerprint density at radius 3 is 2.29 bits per heavy atom. The minimum atomic E-state index is -0.117. The average molecular weight is 235 g/mol. The van der Waals surface area contributed by atoms with Crippen LogP contribution in [0.5, 0.6) is 0 Å². The molecule has 0 heterocycles. The van der Waals surface area contributed by atoms with Crippen LogP contribution in [-0.4, -0.2) is 18.3 Å². The van der Waals surface area contributed by atoms with Gasteiger partial charge in [-0.15, -0.1) is 0 Å². The molecular weight excluding hydrogens is 210 g/mol. The number of hydrogen-bond acceptors (Lipinski definition) is 2. The third kappa shape index (κ3) is 3.83. The van der Waals surface area contributed by atoms with Crippen LogP contribution in [0.15, 0.2) is 24.3 Å². The second-order valence-corrected chi connectivity index (χ2v) is 4.78. The van der Waals surface area contributed by atoms with Crippen LogP contribution in [0.1, 0.15) is 44.7 Å². The Bertz CT molecular complexity index is 312. The van der Waals surface area contributed by atoms with Gasteiger partial charge < -0.3 is 10.4 Å². The Labute approximate surface area is 105 Å². The van der Waals surface area contributed by atoms with Crippen LogP contribution < -0.4 is 5.32 Å². The molecule has 2 N–H and O–H groups in total. The van der Waals surface area contributed by atoms with Gasteiger partial charge in [0, 0.05) is 12.1 Å². The molecule has 0 saturated heterocycles. The fourth-order valence-corrected chi connectivity index (χ4v) is 2.28. The predicted octanol–water partition coefficient (Wildman–Crippen LogP) is 2.85. The molecule has 1 rings (SSSR count). The molecule has 0 radical (unpaired) electrons. The first-order valence-electron chi connectivity index (χ1n) is 6.61. The summed E-state index contributed by atoms with van der Waals surface area (Å²) in [6, 6.07) is 8.77. The van der Waals surface area contributed by atoms with E-state index >= 15 is 0 Å². The second kappa shape index (κ2) is 6.77. The fourth-order valence-electron chi connectivity index (χ4n) is 2.28. The van der Waals surface area contributed by atoms with Crippen LogP contribution in [0.2, 0.25) is 0 Å². The summed E-state index contributed by atoms with van der Waals surface area (Å²) in [4.78, 5) is 0. The zero-order valence-electron chi connectivity index (χ0n) is 11.3. The SMILES string of the molecule is CCCc1ccc(C(C)(CCO)NCC)cc1. The number of aryl methyl sites for hydroxylation is 1. The van der Waals surface area contributed by atoms with Gasteiger partial charge in [0.1, 0.15) is 0 Å². The van der Waals surface area contributed by atoms with E-state index in [9.17, 15) is 5.11 Å². The molecule has 1 aromatic rings. The lowest BCUT2D eigenvalue weighted by Crippen LogP contribution is -2.40. The molecule has 0 fully saturated rings. The van der Waals surface area contributed by atoms with Gasteiger partial charge in [0.15, 0.2) is 0 Å². The van der Waals surface area contributed by atoms with E-state index in [-0.39, 0.29) is 12.1 Å². The van der Waals surface area contributed by atoms with E-state index in [0.717, 1.165) is 19.4 Å². The first kappa shape index (κ1) is 14.2. The second-order valence-electron chi connectivity index (χ2n) is 4.78. The molecule has 0 saturated carbocycles. The molecule has 1 unspecified atom stereocenters. The minimum Gasteiger partial charge on any atom is -0.396 e. The average Bonchev–Trinajstić information content (AvgIpc) is 2.31. The Kier molecular flexibility index (Phi) is 5.66. The van der Waals surface area contributed by atoms with Crippen molar-refractivity contribution in [2.75, 3.05) is 13.2 Å². The monoisotopic (exact) mass is 235 g/mol. The van der Waals surface area contributed by atoms with E-state index < -0.39 is 0 Å². The summed E-state index contributed by atoms with van der Waals surface area (Å²) in [6.45, 7) is 7.57. The van der Waals surface area contributed by atoms with Gasteiger partial charge in [-0.1, -0.05) is 44.5 Å². The molecule has 17 heavy (non-hydrogen) atoms. The predicted molar refractivity (Wildman–Crippen MR) is 73.2 cm³/mol. The quantitative estimate of drug-likeness (QED) is 0.761. The molecule has 96 valence electrons. The van der Waals surface area contributed by atoms with Gasteiger partial charge >= 0.3 is 0 Å². The molecule has 1 atom stereocenters. The van der Waals surface area contributed by atoms with Gasteiger partial charge in [-0.2, -0.15) is 0 Å². The smallest absolute Gasteiger partial charge is 0.0451 e. The maximum atomic E-state index is 9.19. The third-order valence-corrected chi connectivity index (χ3v) is 3.31. The molecule has 1 aromatic carbocycles. The van der Waals surface area contributed by atoms with E-state index in [1.807, 2.05) is 0 Å². The van der Waals surface area contributed by atoms with Crippen molar-refractivity contribution in [1.82, 2.24) is 5.32 Å². The molecule has 0 aromatic heterocycles.